The van der Waals surface area contributed by atoms with Crippen molar-refractivity contribution >= 4 is 28.8 Å². The third kappa shape index (κ3) is 3.71. The number of amides is 3. The molecule has 1 saturated heterocycles. The van der Waals surface area contributed by atoms with E-state index < -0.39 is 17.7 Å². The summed E-state index contributed by atoms with van der Waals surface area (Å²) in [5, 5.41) is 0. The first-order chi connectivity index (χ1) is 12.8. The monoisotopic (exact) mass is 374 g/mol. The molecule has 27 heavy (non-hydrogen) atoms. The normalized spacial score (nSPS) is 17.3. The molecule has 1 aromatic carbocycles. The van der Waals surface area contributed by atoms with E-state index in [9.17, 15) is 19.2 Å². The molecule has 0 unspecified atom stereocenters. The molecule has 1 aliphatic rings. The number of hydrogen-bond acceptors (Lipinski definition) is 5. The Labute approximate surface area is 155 Å². The van der Waals surface area contributed by atoms with E-state index >= 15 is 0 Å². The van der Waals surface area contributed by atoms with Gasteiger partial charge in [0, 0.05) is 33.0 Å². The van der Waals surface area contributed by atoms with Crippen molar-refractivity contribution in [3.8, 4) is 0 Å². The van der Waals surface area contributed by atoms with Gasteiger partial charge in [-0.2, -0.15) is 0 Å². The quantitative estimate of drug-likeness (QED) is 0.797. The summed E-state index contributed by atoms with van der Waals surface area (Å²) in [7, 11) is 0. The van der Waals surface area contributed by atoms with Gasteiger partial charge in [0.15, 0.2) is 5.58 Å². The number of primary amides is 1. The number of hydrogen-bond donors (Lipinski definition) is 1. The smallest absolute Gasteiger partial charge is 0.408 e. The van der Waals surface area contributed by atoms with Gasteiger partial charge in [-0.25, -0.2) is 4.79 Å². The summed E-state index contributed by atoms with van der Waals surface area (Å²) in [5.74, 6) is -1.62. The van der Waals surface area contributed by atoms with Crippen LogP contribution in [0.1, 0.15) is 18.9 Å². The maximum atomic E-state index is 12.6. The van der Waals surface area contributed by atoms with E-state index in [-0.39, 0.29) is 37.9 Å². The molecule has 1 aliphatic heterocycles. The molecule has 3 rings (SSSR count). The van der Waals surface area contributed by atoms with Crippen LogP contribution in [-0.2, 0) is 20.9 Å². The van der Waals surface area contributed by atoms with Gasteiger partial charge in [0.1, 0.15) is 6.04 Å². The third-order valence-corrected chi connectivity index (χ3v) is 4.84. The van der Waals surface area contributed by atoms with Crippen LogP contribution in [0, 0.1) is 6.92 Å². The van der Waals surface area contributed by atoms with E-state index in [0.29, 0.717) is 17.6 Å². The van der Waals surface area contributed by atoms with Gasteiger partial charge in [-0.05, 0) is 24.6 Å². The van der Waals surface area contributed by atoms with Gasteiger partial charge in [0.2, 0.25) is 17.7 Å². The minimum atomic E-state index is -0.833. The number of carbonyl (C=O) groups excluding carboxylic acids is 3. The molecule has 3 amide bonds. The highest BCUT2D eigenvalue weighted by Crippen LogP contribution is 2.16. The first kappa shape index (κ1) is 18.7. The Morgan fingerprint density at radius 3 is 2.67 bits per heavy atom. The van der Waals surface area contributed by atoms with Crippen molar-refractivity contribution in [3.63, 3.8) is 0 Å². The molecule has 0 radical (unpaired) electrons. The first-order valence-electron chi connectivity index (χ1n) is 8.72. The van der Waals surface area contributed by atoms with Crippen LogP contribution in [0.2, 0.25) is 0 Å². The lowest BCUT2D eigenvalue weighted by Gasteiger charge is -2.39. The van der Waals surface area contributed by atoms with E-state index in [2.05, 4.69) is 0 Å². The van der Waals surface area contributed by atoms with Crippen LogP contribution in [0.3, 0.4) is 0 Å². The first-order valence-corrected chi connectivity index (χ1v) is 8.72. The van der Waals surface area contributed by atoms with Gasteiger partial charge in [0.05, 0.1) is 12.1 Å². The molecule has 2 heterocycles. The molecule has 1 aromatic heterocycles. The molecule has 9 heteroatoms. The van der Waals surface area contributed by atoms with E-state index in [1.54, 1.807) is 6.07 Å². The number of piperazine rings is 1. The molecule has 0 bridgehead atoms. The number of benzene rings is 1. The van der Waals surface area contributed by atoms with Gasteiger partial charge in [-0.1, -0.05) is 6.07 Å². The number of aromatic nitrogens is 1. The summed E-state index contributed by atoms with van der Waals surface area (Å²) < 4.78 is 6.63. The zero-order chi connectivity index (χ0) is 19.7. The number of aryl methyl sites for hydroxylation is 2. The number of carbonyl (C=O) groups is 3. The predicted molar refractivity (Wildman–Crippen MR) is 96.8 cm³/mol. The number of oxazole rings is 1. The number of nitrogens with two attached hydrogens (primary N) is 1. The van der Waals surface area contributed by atoms with E-state index in [4.69, 9.17) is 10.2 Å². The summed E-state index contributed by atoms with van der Waals surface area (Å²) in [4.78, 5) is 50.8. The SMILES string of the molecule is CC(=O)N1CCN(C(=O)CCn2c(=O)oc3ccc(C)cc32)C[C@@H]1C(N)=O. The van der Waals surface area contributed by atoms with E-state index in [1.807, 2.05) is 19.1 Å². The maximum Gasteiger partial charge on any atom is 0.419 e. The Morgan fingerprint density at radius 2 is 2.00 bits per heavy atom. The van der Waals surface area contributed by atoms with Crippen LogP contribution >= 0.6 is 0 Å². The Kier molecular flexibility index (Phi) is 5.02. The van der Waals surface area contributed by atoms with Crippen LogP contribution in [0.5, 0.6) is 0 Å². The Bertz CT molecular complexity index is 960. The van der Waals surface area contributed by atoms with Crippen LogP contribution in [0.15, 0.2) is 27.4 Å². The van der Waals surface area contributed by atoms with Gasteiger partial charge >= 0.3 is 5.76 Å². The minimum Gasteiger partial charge on any atom is -0.408 e. The second kappa shape index (κ2) is 7.26. The van der Waals surface area contributed by atoms with Crippen molar-refractivity contribution in [1.82, 2.24) is 14.4 Å². The average Bonchev–Trinajstić information content (AvgIpc) is 2.93. The second-order valence-electron chi connectivity index (χ2n) is 6.71. The zero-order valence-corrected chi connectivity index (χ0v) is 15.3. The fourth-order valence-electron chi connectivity index (χ4n) is 3.38. The van der Waals surface area contributed by atoms with Crippen molar-refractivity contribution in [2.75, 3.05) is 19.6 Å². The number of nitrogens with zero attached hydrogens (tertiary/aromatic N) is 3. The van der Waals surface area contributed by atoms with Gasteiger partial charge < -0.3 is 20.0 Å². The fourth-order valence-corrected chi connectivity index (χ4v) is 3.38. The lowest BCUT2D eigenvalue weighted by atomic mass is 10.1. The number of fused-ring (bicyclic) bond motifs is 1. The predicted octanol–water partition coefficient (Wildman–Crippen LogP) is -0.162. The molecule has 0 saturated carbocycles. The molecule has 1 atom stereocenters. The number of rotatable bonds is 4. The van der Waals surface area contributed by atoms with Gasteiger partial charge in [-0.15, -0.1) is 0 Å². The van der Waals surface area contributed by atoms with E-state index in [1.165, 1.54) is 21.3 Å². The van der Waals surface area contributed by atoms with E-state index in [0.717, 1.165) is 5.56 Å². The van der Waals surface area contributed by atoms with Gasteiger partial charge in [-0.3, -0.25) is 19.0 Å². The maximum absolute atomic E-state index is 12.6. The topological polar surface area (TPSA) is 119 Å². The highest BCUT2D eigenvalue weighted by Gasteiger charge is 2.34. The van der Waals surface area contributed by atoms with Crippen LogP contribution in [-0.4, -0.2) is 57.8 Å². The molecular formula is C18H22N4O5. The summed E-state index contributed by atoms with van der Waals surface area (Å²) in [6.07, 6.45) is 0.0774. The molecule has 1 fully saturated rings. The zero-order valence-electron chi connectivity index (χ0n) is 15.3. The molecule has 0 aliphatic carbocycles. The highest BCUT2D eigenvalue weighted by molar-refractivity contribution is 5.87. The van der Waals surface area contributed by atoms with Crippen molar-refractivity contribution < 1.29 is 18.8 Å². The second-order valence-corrected chi connectivity index (χ2v) is 6.71. The average molecular weight is 374 g/mol. The molecule has 2 N–H and O–H groups in total. The minimum absolute atomic E-state index is 0.0634. The summed E-state index contributed by atoms with van der Waals surface area (Å²) in [6.45, 7) is 4.08. The van der Waals surface area contributed by atoms with Crippen molar-refractivity contribution in [2.45, 2.75) is 32.9 Å². The van der Waals surface area contributed by atoms with Crippen LogP contribution in [0.25, 0.3) is 11.1 Å². The van der Waals surface area contributed by atoms with Crippen LogP contribution < -0.4 is 11.5 Å². The Balaban J connectivity index is 1.71. The fraction of sp³-hybridized carbons (Fsp3) is 0.444. The van der Waals surface area contributed by atoms with Gasteiger partial charge in [0.25, 0.3) is 0 Å². The highest BCUT2D eigenvalue weighted by atomic mass is 16.4. The standard InChI is InChI=1S/C18H22N4O5/c1-11-3-4-15-13(9-11)22(18(26)27-15)6-5-16(24)20-7-8-21(12(2)23)14(10-20)17(19)25/h3-4,9,14H,5-8,10H2,1-2H3,(H2,19,25)/t14-/m1/s1. The molecule has 2 aromatic rings. The van der Waals surface area contributed by atoms with Crippen LogP contribution in [0.4, 0.5) is 0 Å². The Morgan fingerprint density at radius 1 is 1.26 bits per heavy atom. The third-order valence-electron chi connectivity index (χ3n) is 4.84. The summed E-state index contributed by atoms with van der Waals surface area (Å²) >= 11 is 0. The van der Waals surface area contributed by atoms with Crippen molar-refractivity contribution in [1.29, 1.82) is 0 Å². The molecule has 9 nitrogen and oxygen atoms in total. The van der Waals surface area contributed by atoms with Crippen molar-refractivity contribution in [2.24, 2.45) is 5.73 Å². The summed E-state index contributed by atoms with van der Waals surface area (Å²) in [5.41, 5.74) is 7.47. The summed E-state index contributed by atoms with van der Waals surface area (Å²) in [6, 6.07) is 4.57. The molecule has 144 valence electrons. The van der Waals surface area contributed by atoms with Crippen molar-refractivity contribution in [3.05, 3.63) is 34.3 Å². The lowest BCUT2D eigenvalue weighted by Crippen LogP contribution is -2.60. The Hall–Kier alpha value is -3.10. The largest absolute Gasteiger partial charge is 0.419 e. The lowest BCUT2D eigenvalue weighted by molar-refractivity contribution is -0.146. The molecular weight excluding hydrogens is 352 g/mol. The molecule has 0 spiro atoms.